The average molecular weight is 283 g/mol. The number of aryl methyl sites for hydroxylation is 1. The third-order valence-electron chi connectivity index (χ3n) is 4.04. The zero-order chi connectivity index (χ0) is 14.7. The molecule has 2 aromatic carbocycles. The normalized spacial score (nSPS) is 17.6. The quantitative estimate of drug-likeness (QED) is 0.939. The summed E-state index contributed by atoms with van der Waals surface area (Å²) in [6, 6.07) is 16.3. The lowest BCUT2D eigenvalue weighted by Crippen LogP contribution is -2.39. The number of benzene rings is 2. The molecule has 0 unspecified atom stereocenters. The Kier molecular flexibility index (Phi) is 4.23. The highest BCUT2D eigenvalue weighted by molar-refractivity contribution is 5.41. The van der Waals surface area contributed by atoms with E-state index in [1.54, 1.807) is 6.07 Å². The molecular formula is C18H21NO2. The number of morpholine rings is 1. The second kappa shape index (κ2) is 6.29. The summed E-state index contributed by atoms with van der Waals surface area (Å²) in [4.78, 5) is 2.38. The highest BCUT2D eigenvalue weighted by Crippen LogP contribution is 2.34. The van der Waals surface area contributed by atoms with Gasteiger partial charge in [-0.3, -0.25) is 4.90 Å². The van der Waals surface area contributed by atoms with Crippen molar-refractivity contribution < 1.29 is 9.84 Å². The van der Waals surface area contributed by atoms with Crippen LogP contribution in [-0.2, 0) is 4.74 Å². The van der Waals surface area contributed by atoms with Gasteiger partial charge in [0.1, 0.15) is 5.75 Å². The van der Waals surface area contributed by atoms with Gasteiger partial charge in [0.15, 0.2) is 0 Å². The molecule has 1 N–H and O–H groups in total. The minimum Gasteiger partial charge on any atom is -0.508 e. The summed E-state index contributed by atoms with van der Waals surface area (Å²) < 4.78 is 5.47. The summed E-state index contributed by atoms with van der Waals surface area (Å²) in [5.41, 5.74) is 3.42. The Balaban J connectivity index is 2.01. The number of ether oxygens (including phenoxy) is 1. The van der Waals surface area contributed by atoms with Crippen molar-refractivity contribution in [2.75, 3.05) is 26.3 Å². The van der Waals surface area contributed by atoms with Crippen LogP contribution < -0.4 is 0 Å². The smallest absolute Gasteiger partial charge is 0.120 e. The van der Waals surface area contributed by atoms with Gasteiger partial charge in [0, 0.05) is 18.7 Å². The highest BCUT2D eigenvalue weighted by Gasteiger charge is 2.26. The summed E-state index contributed by atoms with van der Waals surface area (Å²) in [5.74, 6) is 0.356. The maximum atomic E-state index is 10.3. The molecule has 1 atom stereocenters. The van der Waals surface area contributed by atoms with Crippen LogP contribution in [0.2, 0.25) is 0 Å². The van der Waals surface area contributed by atoms with Crippen molar-refractivity contribution >= 4 is 0 Å². The van der Waals surface area contributed by atoms with Crippen LogP contribution in [0.4, 0.5) is 0 Å². The van der Waals surface area contributed by atoms with E-state index in [2.05, 4.69) is 36.1 Å². The van der Waals surface area contributed by atoms with E-state index in [4.69, 9.17) is 4.74 Å². The summed E-state index contributed by atoms with van der Waals surface area (Å²) >= 11 is 0. The molecule has 1 heterocycles. The van der Waals surface area contributed by atoms with Crippen molar-refractivity contribution in [2.45, 2.75) is 13.0 Å². The topological polar surface area (TPSA) is 32.7 Å². The Labute approximate surface area is 125 Å². The van der Waals surface area contributed by atoms with Crippen molar-refractivity contribution in [1.82, 2.24) is 4.90 Å². The molecule has 0 aliphatic carbocycles. The maximum Gasteiger partial charge on any atom is 0.120 e. The van der Waals surface area contributed by atoms with Crippen LogP contribution in [0.15, 0.2) is 48.5 Å². The number of rotatable bonds is 3. The predicted molar refractivity (Wildman–Crippen MR) is 83.5 cm³/mol. The number of hydrogen-bond donors (Lipinski definition) is 1. The summed E-state index contributed by atoms with van der Waals surface area (Å²) in [5, 5.41) is 10.3. The zero-order valence-electron chi connectivity index (χ0n) is 12.3. The molecule has 3 heteroatoms. The molecule has 1 saturated heterocycles. The van der Waals surface area contributed by atoms with Crippen LogP contribution >= 0.6 is 0 Å². The Morgan fingerprint density at radius 1 is 1.00 bits per heavy atom. The minimum absolute atomic E-state index is 0.0794. The van der Waals surface area contributed by atoms with Gasteiger partial charge in [-0.05, 0) is 18.6 Å². The van der Waals surface area contributed by atoms with Crippen LogP contribution in [0.3, 0.4) is 0 Å². The van der Waals surface area contributed by atoms with Crippen LogP contribution in [0.25, 0.3) is 0 Å². The van der Waals surface area contributed by atoms with E-state index in [9.17, 15) is 5.11 Å². The Hall–Kier alpha value is -1.84. The second-order valence-corrected chi connectivity index (χ2v) is 5.52. The first-order chi connectivity index (χ1) is 10.3. The van der Waals surface area contributed by atoms with Crippen molar-refractivity contribution in [1.29, 1.82) is 0 Å². The van der Waals surface area contributed by atoms with Gasteiger partial charge in [0.2, 0.25) is 0 Å². The van der Waals surface area contributed by atoms with Crippen molar-refractivity contribution in [3.05, 3.63) is 65.2 Å². The third-order valence-corrected chi connectivity index (χ3v) is 4.04. The van der Waals surface area contributed by atoms with E-state index in [-0.39, 0.29) is 6.04 Å². The Bertz CT molecular complexity index is 588. The van der Waals surface area contributed by atoms with Crippen molar-refractivity contribution in [3.8, 4) is 5.75 Å². The first-order valence-corrected chi connectivity index (χ1v) is 7.42. The summed E-state index contributed by atoms with van der Waals surface area (Å²) in [6.07, 6.45) is 0. The molecule has 0 aromatic heterocycles. The first-order valence-electron chi connectivity index (χ1n) is 7.42. The number of phenolic OH excluding ortho intramolecular Hbond substituents is 1. The van der Waals surface area contributed by atoms with Gasteiger partial charge < -0.3 is 9.84 Å². The van der Waals surface area contributed by atoms with E-state index in [0.717, 1.165) is 31.9 Å². The first kappa shape index (κ1) is 14.1. The lowest BCUT2D eigenvalue weighted by Gasteiger charge is -2.35. The summed E-state index contributed by atoms with van der Waals surface area (Å²) in [7, 11) is 0. The number of para-hydroxylation sites is 1. The number of phenols is 1. The number of hydrogen-bond acceptors (Lipinski definition) is 3. The maximum absolute atomic E-state index is 10.3. The Morgan fingerprint density at radius 2 is 1.67 bits per heavy atom. The predicted octanol–water partition coefficient (Wildman–Crippen LogP) is 3.12. The van der Waals surface area contributed by atoms with E-state index >= 15 is 0 Å². The largest absolute Gasteiger partial charge is 0.508 e. The van der Waals surface area contributed by atoms with Crippen LogP contribution in [0, 0.1) is 6.92 Å². The van der Waals surface area contributed by atoms with Gasteiger partial charge >= 0.3 is 0 Å². The van der Waals surface area contributed by atoms with Crippen LogP contribution in [-0.4, -0.2) is 36.3 Å². The van der Waals surface area contributed by atoms with Gasteiger partial charge in [0.05, 0.1) is 19.3 Å². The molecule has 1 aliphatic heterocycles. The van der Waals surface area contributed by atoms with Gasteiger partial charge in [-0.1, -0.05) is 48.0 Å². The van der Waals surface area contributed by atoms with E-state index in [0.29, 0.717) is 5.75 Å². The van der Waals surface area contributed by atoms with E-state index < -0.39 is 0 Å². The third kappa shape index (κ3) is 3.09. The molecule has 0 spiro atoms. The Morgan fingerprint density at radius 3 is 2.33 bits per heavy atom. The molecule has 3 rings (SSSR count). The van der Waals surface area contributed by atoms with E-state index in [1.807, 2.05) is 18.2 Å². The molecule has 2 aromatic rings. The molecule has 110 valence electrons. The molecule has 0 saturated carbocycles. The molecule has 0 amide bonds. The SMILES string of the molecule is Cc1ccc([C@@H](c2ccccc2O)N2CCOCC2)cc1. The fourth-order valence-corrected chi connectivity index (χ4v) is 2.89. The zero-order valence-corrected chi connectivity index (χ0v) is 12.3. The van der Waals surface area contributed by atoms with Gasteiger partial charge in [-0.25, -0.2) is 0 Å². The van der Waals surface area contributed by atoms with Crippen LogP contribution in [0.5, 0.6) is 5.75 Å². The average Bonchev–Trinajstić information content (AvgIpc) is 2.52. The van der Waals surface area contributed by atoms with E-state index in [1.165, 1.54) is 11.1 Å². The van der Waals surface area contributed by atoms with Crippen molar-refractivity contribution in [3.63, 3.8) is 0 Å². The number of aromatic hydroxyl groups is 1. The standard InChI is InChI=1S/C18H21NO2/c1-14-6-8-15(9-7-14)18(19-10-12-21-13-11-19)16-4-2-3-5-17(16)20/h2-9,18,20H,10-13H2,1H3/t18-/m0/s1. The molecule has 3 nitrogen and oxygen atoms in total. The fourth-order valence-electron chi connectivity index (χ4n) is 2.89. The van der Waals surface area contributed by atoms with Crippen LogP contribution in [0.1, 0.15) is 22.7 Å². The highest BCUT2D eigenvalue weighted by atomic mass is 16.5. The molecule has 21 heavy (non-hydrogen) atoms. The molecule has 1 fully saturated rings. The second-order valence-electron chi connectivity index (χ2n) is 5.52. The molecule has 0 bridgehead atoms. The number of nitrogens with zero attached hydrogens (tertiary/aromatic N) is 1. The lowest BCUT2D eigenvalue weighted by atomic mass is 9.95. The van der Waals surface area contributed by atoms with Gasteiger partial charge in [-0.2, -0.15) is 0 Å². The van der Waals surface area contributed by atoms with Gasteiger partial charge in [-0.15, -0.1) is 0 Å². The van der Waals surface area contributed by atoms with Gasteiger partial charge in [0.25, 0.3) is 0 Å². The monoisotopic (exact) mass is 283 g/mol. The van der Waals surface area contributed by atoms with Crippen molar-refractivity contribution in [2.24, 2.45) is 0 Å². The summed E-state index contributed by atoms with van der Waals surface area (Å²) in [6.45, 7) is 5.35. The molecule has 1 aliphatic rings. The minimum atomic E-state index is 0.0794. The molecule has 0 radical (unpaired) electrons. The lowest BCUT2D eigenvalue weighted by molar-refractivity contribution is 0.0235. The fraction of sp³-hybridized carbons (Fsp3) is 0.333. The molecular weight excluding hydrogens is 262 g/mol.